The largest absolute Gasteiger partial charge is 0.493 e. The van der Waals surface area contributed by atoms with Crippen LogP contribution in [0.25, 0.3) is 11.4 Å². The summed E-state index contributed by atoms with van der Waals surface area (Å²) in [5, 5.41) is 5.48. The van der Waals surface area contributed by atoms with Crippen molar-refractivity contribution in [1.29, 1.82) is 0 Å². The lowest BCUT2D eigenvalue weighted by atomic mass is 10.1. The fraction of sp³-hybridized carbons (Fsp3) is 0.500. The van der Waals surface area contributed by atoms with E-state index in [1.54, 1.807) is 52.8 Å². The number of hydrogen-bond acceptors (Lipinski definition) is 6. The molecule has 0 saturated carbocycles. The van der Waals surface area contributed by atoms with Crippen molar-refractivity contribution in [1.82, 2.24) is 15.3 Å². The summed E-state index contributed by atoms with van der Waals surface area (Å²) in [7, 11) is 0. The van der Waals surface area contributed by atoms with Gasteiger partial charge in [0.1, 0.15) is 17.2 Å². The van der Waals surface area contributed by atoms with E-state index in [9.17, 15) is 14.4 Å². The first kappa shape index (κ1) is 25.9. The van der Waals surface area contributed by atoms with E-state index in [2.05, 4.69) is 20.6 Å². The summed E-state index contributed by atoms with van der Waals surface area (Å²) in [5.41, 5.74) is 1.54. The number of aromatic nitrogens is 2. The summed E-state index contributed by atoms with van der Waals surface area (Å²) in [6.07, 6.45) is 0.997. The van der Waals surface area contributed by atoms with E-state index in [4.69, 9.17) is 9.47 Å². The van der Waals surface area contributed by atoms with Gasteiger partial charge in [-0.15, -0.1) is 0 Å². The molecule has 9 heteroatoms. The average molecular weight is 459 g/mol. The van der Waals surface area contributed by atoms with Crippen LogP contribution in [0.15, 0.2) is 23.0 Å². The van der Waals surface area contributed by atoms with E-state index < -0.39 is 11.7 Å². The van der Waals surface area contributed by atoms with Crippen LogP contribution < -0.4 is 20.9 Å². The van der Waals surface area contributed by atoms with Crippen LogP contribution in [0.2, 0.25) is 0 Å². The average Bonchev–Trinajstić information content (AvgIpc) is 2.72. The highest BCUT2D eigenvalue weighted by Gasteiger charge is 2.16. The zero-order chi connectivity index (χ0) is 24.6. The first-order chi connectivity index (χ1) is 15.5. The molecule has 1 aromatic carbocycles. The number of amides is 2. The van der Waals surface area contributed by atoms with Gasteiger partial charge in [0.05, 0.1) is 12.2 Å². The molecule has 0 aliphatic rings. The normalized spacial score (nSPS) is 11.1. The Kier molecular flexibility index (Phi) is 9.02. The molecule has 0 radical (unpaired) electrons. The standard InChI is InChI=1S/C24H34N4O5/c1-7-13-32-19-11-10-17(14-18(19)21-26-16(3)15(2)22(30)28-21)27-20(29)9-8-12-25-23(31)33-24(4,5)6/h10-11,14H,7-9,12-13H2,1-6H3,(H,25,31)(H,27,29)(H,26,28,30). The number of anilines is 1. The van der Waals surface area contributed by atoms with Gasteiger partial charge in [-0.25, -0.2) is 9.78 Å². The summed E-state index contributed by atoms with van der Waals surface area (Å²) in [5.74, 6) is 0.755. The second-order valence-corrected chi connectivity index (χ2v) is 8.76. The molecule has 0 saturated heterocycles. The molecule has 0 bridgehead atoms. The van der Waals surface area contributed by atoms with E-state index in [0.717, 1.165) is 6.42 Å². The van der Waals surface area contributed by atoms with Crippen molar-refractivity contribution in [3.8, 4) is 17.1 Å². The van der Waals surface area contributed by atoms with E-state index in [0.29, 0.717) is 53.7 Å². The lowest BCUT2D eigenvalue weighted by Gasteiger charge is -2.19. The van der Waals surface area contributed by atoms with Crippen LogP contribution in [0.5, 0.6) is 5.75 Å². The number of carbonyl (C=O) groups excluding carboxylic acids is 2. The molecular weight excluding hydrogens is 424 g/mol. The zero-order valence-corrected chi connectivity index (χ0v) is 20.3. The lowest BCUT2D eigenvalue weighted by Crippen LogP contribution is -2.33. The highest BCUT2D eigenvalue weighted by molar-refractivity contribution is 5.91. The molecule has 0 aliphatic heterocycles. The molecule has 33 heavy (non-hydrogen) atoms. The van der Waals surface area contributed by atoms with E-state index >= 15 is 0 Å². The van der Waals surface area contributed by atoms with Gasteiger partial charge in [0.25, 0.3) is 5.56 Å². The first-order valence-corrected chi connectivity index (χ1v) is 11.1. The van der Waals surface area contributed by atoms with Gasteiger partial charge in [0.15, 0.2) is 0 Å². The molecular formula is C24H34N4O5. The maximum Gasteiger partial charge on any atom is 0.407 e. The van der Waals surface area contributed by atoms with Gasteiger partial charge >= 0.3 is 6.09 Å². The fourth-order valence-corrected chi connectivity index (χ4v) is 2.88. The van der Waals surface area contributed by atoms with Crippen LogP contribution in [0.3, 0.4) is 0 Å². The summed E-state index contributed by atoms with van der Waals surface area (Å²) in [4.78, 5) is 43.6. The van der Waals surface area contributed by atoms with Gasteiger partial charge in [-0.2, -0.15) is 0 Å². The predicted molar refractivity (Wildman–Crippen MR) is 128 cm³/mol. The maximum atomic E-state index is 12.4. The first-order valence-electron chi connectivity index (χ1n) is 11.1. The van der Waals surface area contributed by atoms with Crippen molar-refractivity contribution in [3.05, 3.63) is 39.8 Å². The molecule has 2 amide bonds. The molecule has 1 aromatic heterocycles. The number of carbonyl (C=O) groups is 2. The van der Waals surface area contributed by atoms with Crippen molar-refractivity contribution >= 4 is 17.7 Å². The number of aryl methyl sites for hydroxylation is 1. The Labute approximate surface area is 194 Å². The molecule has 0 aliphatic carbocycles. The van der Waals surface area contributed by atoms with Crippen LogP contribution in [0.4, 0.5) is 10.5 Å². The van der Waals surface area contributed by atoms with Gasteiger partial charge < -0.3 is 25.1 Å². The minimum Gasteiger partial charge on any atom is -0.493 e. The maximum absolute atomic E-state index is 12.4. The Bertz CT molecular complexity index is 1040. The number of nitrogens with one attached hydrogen (secondary N) is 3. The van der Waals surface area contributed by atoms with Crippen molar-refractivity contribution in [2.45, 2.75) is 66.4 Å². The van der Waals surface area contributed by atoms with Gasteiger partial charge in [-0.3, -0.25) is 9.59 Å². The number of ether oxygens (including phenoxy) is 2. The number of hydrogen-bond donors (Lipinski definition) is 3. The SMILES string of the molecule is CCCOc1ccc(NC(=O)CCCNC(=O)OC(C)(C)C)cc1-c1nc(C)c(C)c(=O)[nH]1. The Morgan fingerprint density at radius 3 is 2.55 bits per heavy atom. The molecule has 2 rings (SSSR count). The van der Waals surface area contributed by atoms with E-state index in [1.807, 2.05) is 6.92 Å². The number of alkyl carbamates (subject to hydrolysis) is 1. The Hall–Kier alpha value is -3.36. The number of H-pyrrole nitrogens is 1. The Morgan fingerprint density at radius 1 is 1.18 bits per heavy atom. The van der Waals surface area contributed by atoms with Crippen molar-refractivity contribution in [2.75, 3.05) is 18.5 Å². The molecule has 180 valence electrons. The van der Waals surface area contributed by atoms with E-state index in [1.165, 1.54) is 0 Å². The second-order valence-electron chi connectivity index (χ2n) is 8.76. The van der Waals surface area contributed by atoms with Gasteiger partial charge in [0, 0.05) is 29.9 Å². The topological polar surface area (TPSA) is 122 Å². The molecule has 9 nitrogen and oxygen atoms in total. The smallest absolute Gasteiger partial charge is 0.407 e. The van der Waals surface area contributed by atoms with Gasteiger partial charge in [-0.1, -0.05) is 6.92 Å². The monoisotopic (exact) mass is 458 g/mol. The summed E-state index contributed by atoms with van der Waals surface area (Å²) < 4.78 is 11.0. The Balaban J connectivity index is 2.07. The molecule has 3 N–H and O–H groups in total. The molecule has 2 aromatic rings. The molecule has 0 unspecified atom stereocenters. The summed E-state index contributed by atoms with van der Waals surface area (Å²) >= 11 is 0. The summed E-state index contributed by atoms with van der Waals surface area (Å²) in [6.45, 7) is 11.7. The highest BCUT2D eigenvalue weighted by Crippen LogP contribution is 2.31. The summed E-state index contributed by atoms with van der Waals surface area (Å²) in [6, 6.07) is 5.22. The number of rotatable bonds is 9. The fourth-order valence-electron chi connectivity index (χ4n) is 2.88. The van der Waals surface area contributed by atoms with Crippen LogP contribution in [0, 0.1) is 13.8 Å². The number of nitrogens with zero attached hydrogens (tertiary/aromatic N) is 1. The molecule has 0 atom stereocenters. The van der Waals surface area contributed by atoms with E-state index in [-0.39, 0.29) is 17.9 Å². The molecule has 0 fully saturated rings. The minimum absolute atomic E-state index is 0.198. The van der Waals surface area contributed by atoms with Crippen molar-refractivity contribution < 1.29 is 19.1 Å². The van der Waals surface area contributed by atoms with Crippen LogP contribution in [0.1, 0.15) is 58.2 Å². The molecule has 1 heterocycles. The number of benzene rings is 1. The molecule has 0 spiro atoms. The third-order valence-corrected chi connectivity index (χ3v) is 4.62. The van der Waals surface area contributed by atoms with Crippen LogP contribution in [-0.2, 0) is 9.53 Å². The zero-order valence-electron chi connectivity index (χ0n) is 20.3. The third kappa shape index (κ3) is 8.25. The Morgan fingerprint density at radius 2 is 1.91 bits per heavy atom. The minimum atomic E-state index is -0.568. The van der Waals surface area contributed by atoms with Crippen molar-refractivity contribution in [2.24, 2.45) is 0 Å². The number of aromatic amines is 1. The predicted octanol–water partition coefficient (Wildman–Crippen LogP) is 4.09. The lowest BCUT2D eigenvalue weighted by molar-refractivity contribution is -0.116. The quantitative estimate of drug-likeness (QED) is 0.487. The van der Waals surface area contributed by atoms with Crippen LogP contribution in [-0.4, -0.2) is 40.7 Å². The second kappa shape index (κ2) is 11.5. The third-order valence-electron chi connectivity index (χ3n) is 4.62. The highest BCUT2D eigenvalue weighted by atomic mass is 16.6. The van der Waals surface area contributed by atoms with Crippen molar-refractivity contribution in [3.63, 3.8) is 0 Å². The van der Waals surface area contributed by atoms with Crippen LogP contribution >= 0.6 is 0 Å². The van der Waals surface area contributed by atoms with Gasteiger partial charge in [-0.05, 0) is 65.7 Å². The van der Waals surface area contributed by atoms with Gasteiger partial charge in [0.2, 0.25) is 5.91 Å².